The van der Waals surface area contributed by atoms with Crippen molar-refractivity contribution in [3.63, 3.8) is 0 Å². The quantitative estimate of drug-likeness (QED) is 0.840. The zero-order valence-corrected chi connectivity index (χ0v) is 15.1. The summed E-state index contributed by atoms with van der Waals surface area (Å²) < 4.78 is 0. The molecule has 2 N–H and O–H groups in total. The number of halogens is 1. The Balaban J connectivity index is 2.16. The first-order chi connectivity index (χ1) is 11.4. The third-order valence-electron chi connectivity index (χ3n) is 3.45. The van der Waals surface area contributed by atoms with E-state index in [1.807, 2.05) is 51.0 Å². The molecule has 1 amide bonds. The van der Waals surface area contributed by atoms with Gasteiger partial charge in [0, 0.05) is 29.5 Å². The molecule has 0 aliphatic rings. The number of hydrogen-bond acceptors (Lipinski definition) is 5. The monoisotopic (exact) mass is 347 g/mol. The SMILES string of the molecule is Cc1cc(C(=O)NCCN(C)C)nc(Nc2cccc(Cl)c2C)n1. The summed E-state index contributed by atoms with van der Waals surface area (Å²) in [5.74, 6) is 0.159. The Hall–Kier alpha value is -2.18. The number of amides is 1. The van der Waals surface area contributed by atoms with Crippen molar-refractivity contribution in [2.24, 2.45) is 0 Å². The second-order valence-electron chi connectivity index (χ2n) is 5.81. The zero-order valence-electron chi connectivity index (χ0n) is 14.4. The van der Waals surface area contributed by atoms with Crippen LogP contribution in [0.5, 0.6) is 0 Å². The molecule has 0 unspecified atom stereocenters. The van der Waals surface area contributed by atoms with Gasteiger partial charge in [0.25, 0.3) is 5.91 Å². The highest BCUT2D eigenvalue weighted by Gasteiger charge is 2.11. The highest BCUT2D eigenvalue weighted by atomic mass is 35.5. The third kappa shape index (κ3) is 4.91. The molecule has 0 spiro atoms. The van der Waals surface area contributed by atoms with E-state index in [-0.39, 0.29) is 5.91 Å². The minimum atomic E-state index is -0.215. The first-order valence-electron chi connectivity index (χ1n) is 7.67. The first kappa shape index (κ1) is 18.2. The fourth-order valence-electron chi connectivity index (χ4n) is 2.09. The van der Waals surface area contributed by atoms with Gasteiger partial charge in [0.1, 0.15) is 5.69 Å². The van der Waals surface area contributed by atoms with E-state index in [0.717, 1.165) is 17.8 Å². The number of likely N-dealkylation sites (N-methyl/N-ethyl adjacent to an activating group) is 1. The number of carbonyl (C=O) groups excluding carboxylic acids is 1. The van der Waals surface area contributed by atoms with Crippen LogP contribution in [0.3, 0.4) is 0 Å². The maximum absolute atomic E-state index is 12.2. The number of hydrogen-bond donors (Lipinski definition) is 2. The number of aryl methyl sites for hydroxylation is 1. The van der Waals surface area contributed by atoms with Crippen LogP contribution in [0.15, 0.2) is 24.3 Å². The molecule has 0 aliphatic carbocycles. The van der Waals surface area contributed by atoms with Gasteiger partial charge in [0.15, 0.2) is 0 Å². The van der Waals surface area contributed by atoms with Gasteiger partial charge in [0.05, 0.1) is 0 Å². The molecule has 2 aromatic rings. The molecule has 1 aromatic carbocycles. The van der Waals surface area contributed by atoms with Crippen LogP contribution in [0.4, 0.5) is 11.6 Å². The van der Waals surface area contributed by atoms with Crippen LogP contribution >= 0.6 is 11.6 Å². The average Bonchev–Trinajstić information content (AvgIpc) is 2.51. The fourth-order valence-corrected chi connectivity index (χ4v) is 2.26. The molecule has 0 bridgehead atoms. The molecular formula is C17H22ClN5O. The van der Waals surface area contributed by atoms with Gasteiger partial charge in [-0.15, -0.1) is 0 Å². The molecule has 2 rings (SSSR count). The summed E-state index contributed by atoms with van der Waals surface area (Å²) in [4.78, 5) is 22.9. The van der Waals surface area contributed by atoms with Gasteiger partial charge in [0.2, 0.25) is 5.95 Å². The molecule has 1 aromatic heterocycles. The Bertz CT molecular complexity index is 733. The number of benzene rings is 1. The summed E-state index contributed by atoms with van der Waals surface area (Å²) >= 11 is 6.13. The summed E-state index contributed by atoms with van der Waals surface area (Å²) in [6.45, 7) is 5.07. The van der Waals surface area contributed by atoms with E-state index in [0.29, 0.717) is 28.9 Å². The van der Waals surface area contributed by atoms with Gasteiger partial charge in [-0.3, -0.25) is 4.79 Å². The molecule has 1 heterocycles. The number of nitrogens with zero attached hydrogens (tertiary/aromatic N) is 3. The second-order valence-corrected chi connectivity index (χ2v) is 6.22. The van der Waals surface area contributed by atoms with Crippen LogP contribution in [-0.2, 0) is 0 Å². The maximum Gasteiger partial charge on any atom is 0.270 e. The third-order valence-corrected chi connectivity index (χ3v) is 3.86. The number of aromatic nitrogens is 2. The number of carbonyl (C=O) groups is 1. The molecule has 0 atom stereocenters. The van der Waals surface area contributed by atoms with Crippen molar-refractivity contribution < 1.29 is 4.79 Å². The first-order valence-corrected chi connectivity index (χ1v) is 8.05. The van der Waals surface area contributed by atoms with Crippen LogP contribution < -0.4 is 10.6 Å². The molecule has 24 heavy (non-hydrogen) atoms. The predicted molar refractivity (Wildman–Crippen MR) is 97.1 cm³/mol. The Morgan fingerprint density at radius 1 is 1.25 bits per heavy atom. The van der Waals surface area contributed by atoms with E-state index >= 15 is 0 Å². The molecule has 0 fully saturated rings. The van der Waals surface area contributed by atoms with Crippen molar-refractivity contribution in [1.29, 1.82) is 0 Å². The predicted octanol–water partition coefficient (Wildman–Crippen LogP) is 2.78. The zero-order chi connectivity index (χ0) is 17.7. The van der Waals surface area contributed by atoms with Crippen molar-refractivity contribution in [2.75, 3.05) is 32.5 Å². The van der Waals surface area contributed by atoms with Crippen LogP contribution in [0.1, 0.15) is 21.7 Å². The second kappa shape index (κ2) is 8.08. The minimum absolute atomic E-state index is 0.215. The van der Waals surface area contributed by atoms with E-state index in [9.17, 15) is 4.79 Å². The summed E-state index contributed by atoms with van der Waals surface area (Å²) in [6, 6.07) is 7.23. The van der Waals surface area contributed by atoms with Gasteiger partial charge in [-0.2, -0.15) is 0 Å². The normalized spacial score (nSPS) is 10.8. The summed E-state index contributed by atoms with van der Waals surface area (Å²) in [6.07, 6.45) is 0. The molecular weight excluding hydrogens is 326 g/mol. The van der Waals surface area contributed by atoms with Crippen molar-refractivity contribution in [3.8, 4) is 0 Å². The summed E-state index contributed by atoms with van der Waals surface area (Å²) in [7, 11) is 3.91. The Morgan fingerprint density at radius 2 is 2.00 bits per heavy atom. The summed E-state index contributed by atoms with van der Waals surface area (Å²) in [5.41, 5.74) is 2.77. The smallest absolute Gasteiger partial charge is 0.270 e. The van der Waals surface area contributed by atoms with Crippen LogP contribution in [0.2, 0.25) is 5.02 Å². The van der Waals surface area contributed by atoms with Gasteiger partial charge in [-0.1, -0.05) is 17.7 Å². The van der Waals surface area contributed by atoms with E-state index in [1.54, 1.807) is 6.07 Å². The lowest BCUT2D eigenvalue weighted by Crippen LogP contribution is -2.32. The molecule has 0 aliphatic heterocycles. The summed E-state index contributed by atoms with van der Waals surface area (Å²) in [5, 5.41) is 6.64. The lowest BCUT2D eigenvalue weighted by atomic mass is 10.2. The molecule has 0 saturated carbocycles. The largest absolute Gasteiger partial charge is 0.349 e. The Labute approximate surface area is 147 Å². The van der Waals surface area contributed by atoms with Crippen molar-refractivity contribution >= 4 is 29.1 Å². The van der Waals surface area contributed by atoms with Gasteiger partial charge >= 0.3 is 0 Å². The van der Waals surface area contributed by atoms with Crippen LogP contribution in [0.25, 0.3) is 0 Å². The minimum Gasteiger partial charge on any atom is -0.349 e. The fraction of sp³-hybridized carbons (Fsp3) is 0.353. The number of rotatable bonds is 6. The van der Waals surface area contributed by atoms with Crippen molar-refractivity contribution in [1.82, 2.24) is 20.2 Å². The number of anilines is 2. The molecule has 0 saturated heterocycles. The van der Waals surface area contributed by atoms with E-state index < -0.39 is 0 Å². The maximum atomic E-state index is 12.2. The molecule has 128 valence electrons. The van der Waals surface area contributed by atoms with Gasteiger partial charge in [-0.05, 0) is 51.7 Å². The van der Waals surface area contributed by atoms with Crippen LogP contribution in [0, 0.1) is 13.8 Å². The number of nitrogens with one attached hydrogen (secondary N) is 2. The molecule has 7 heteroatoms. The standard InChI is InChI=1S/C17H22ClN5O/c1-11-10-15(16(24)19-8-9-23(3)4)22-17(20-11)21-14-7-5-6-13(18)12(14)2/h5-7,10H,8-9H2,1-4H3,(H,19,24)(H,20,21,22). The Kier molecular flexibility index (Phi) is 6.11. The van der Waals surface area contributed by atoms with Gasteiger partial charge in [-0.25, -0.2) is 9.97 Å². The van der Waals surface area contributed by atoms with Gasteiger partial charge < -0.3 is 15.5 Å². The molecule has 6 nitrogen and oxygen atoms in total. The Morgan fingerprint density at radius 3 is 2.71 bits per heavy atom. The van der Waals surface area contributed by atoms with E-state index in [4.69, 9.17) is 11.6 Å². The lowest BCUT2D eigenvalue weighted by Gasteiger charge is -2.12. The van der Waals surface area contributed by atoms with Crippen molar-refractivity contribution in [3.05, 3.63) is 46.2 Å². The topological polar surface area (TPSA) is 70.2 Å². The van der Waals surface area contributed by atoms with Crippen molar-refractivity contribution in [2.45, 2.75) is 13.8 Å². The van der Waals surface area contributed by atoms with Crippen LogP contribution in [-0.4, -0.2) is 48.0 Å². The lowest BCUT2D eigenvalue weighted by molar-refractivity contribution is 0.0946. The van der Waals surface area contributed by atoms with E-state index in [2.05, 4.69) is 20.6 Å². The van der Waals surface area contributed by atoms with E-state index in [1.165, 1.54) is 0 Å². The average molecular weight is 348 g/mol. The highest BCUT2D eigenvalue weighted by molar-refractivity contribution is 6.31. The highest BCUT2D eigenvalue weighted by Crippen LogP contribution is 2.25. The molecule has 0 radical (unpaired) electrons.